The van der Waals surface area contributed by atoms with Crippen molar-refractivity contribution in [2.75, 3.05) is 0 Å². The number of rotatable bonds is 0. The molecule has 0 radical (unpaired) electrons. The molecule has 78 valence electrons. The number of aromatic nitrogens is 2. The summed E-state index contributed by atoms with van der Waals surface area (Å²) in [6.07, 6.45) is 5.87. The fourth-order valence-electron chi connectivity index (χ4n) is 2.18. The molecule has 0 fully saturated rings. The number of hydrogen-bond acceptors (Lipinski definition) is 1. The van der Waals surface area contributed by atoms with E-state index in [4.69, 9.17) is 0 Å². The summed E-state index contributed by atoms with van der Waals surface area (Å²) < 4.78 is 2.15. The monoisotopic (exact) mass is 209 g/mol. The standard InChI is InChI=1S/C14H13N2/c1-10-12-4-3-11-9-15-7-5-13(11)14(12)6-8-16(10)2/h3-9H,1-2H3/q+1. The van der Waals surface area contributed by atoms with Crippen LogP contribution in [0.5, 0.6) is 0 Å². The van der Waals surface area contributed by atoms with Crippen LogP contribution in [0, 0.1) is 6.92 Å². The third-order valence-electron chi connectivity index (χ3n) is 3.25. The van der Waals surface area contributed by atoms with Crippen molar-refractivity contribution >= 4 is 21.5 Å². The molecule has 2 heteroatoms. The van der Waals surface area contributed by atoms with E-state index in [1.807, 2.05) is 12.4 Å². The zero-order valence-electron chi connectivity index (χ0n) is 9.44. The molecule has 0 aliphatic heterocycles. The Balaban J connectivity index is 2.58. The van der Waals surface area contributed by atoms with Crippen LogP contribution in [0.1, 0.15) is 5.69 Å². The summed E-state index contributed by atoms with van der Waals surface area (Å²) >= 11 is 0. The lowest BCUT2D eigenvalue weighted by Gasteiger charge is -2.04. The number of hydrogen-bond donors (Lipinski definition) is 0. The van der Waals surface area contributed by atoms with Crippen LogP contribution in [0.4, 0.5) is 0 Å². The van der Waals surface area contributed by atoms with Gasteiger partial charge in [-0.2, -0.15) is 0 Å². The summed E-state index contributed by atoms with van der Waals surface area (Å²) in [6.45, 7) is 2.15. The summed E-state index contributed by atoms with van der Waals surface area (Å²) in [5, 5.41) is 5.08. The topological polar surface area (TPSA) is 16.8 Å². The highest BCUT2D eigenvalue weighted by Crippen LogP contribution is 2.24. The largest absolute Gasteiger partial charge is 0.264 e. The Labute approximate surface area is 94.2 Å². The maximum Gasteiger partial charge on any atom is 0.185 e. The van der Waals surface area contributed by atoms with Crippen LogP contribution in [0.25, 0.3) is 21.5 Å². The maximum absolute atomic E-state index is 4.15. The zero-order valence-corrected chi connectivity index (χ0v) is 9.44. The van der Waals surface area contributed by atoms with Crippen molar-refractivity contribution in [3.8, 4) is 0 Å². The van der Waals surface area contributed by atoms with Gasteiger partial charge in [0.1, 0.15) is 7.05 Å². The van der Waals surface area contributed by atoms with Gasteiger partial charge in [0, 0.05) is 41.5 Å². The van der Waals surface area contributed by atoms with Crippen LogP contribution in [-0.2, 0) is 7.05 Å². The van der Waals surface area contributed by atoms with Crippen molar-refractivity contribution in [1.82, 2.24) is 4.98 Å². The smallest absolute Gasteiger partial charge is 0.185 e. The van der Waals surface area contributed by atoms with E-state index in [2.05, 4.69) is 54.0 Å². The minimum atomic E-state index is 1.20. The van der Waals surface area contributed by atoms with E-state index in [1.165, 1.54) is 27.2 Å². The van der Waals surface area contributed by atoms with Gasteiger partial charge in [0.2, 0.25) is 0 Å². The Kier molecular flexibility index (Phi) is 1.90. The highest BCUT2D eigenvalue weighted by atomic mass is 14.9. The maximum atomic E-state index is 4.15. The summed E-state index contributed by atoms with van der Waals surface area (Å²) in [5.41, 5.74) is 1.29. The summed E-state index contributed by atoms with van der Waals surface area (Å²) in [4.78, 5) is 4.15. The number of pyridine rings is 2. The molecule has 0 atom stereocenters. The van der Waals surface area contributed by atoms with Crippen molar-refractivity contribution in [3.05, 3.63) is 48.5 Å². The Bertz CT molecular complexity index is 687. The van der Waals surface area contributed by atoms with E-state index in [1.54, 1.807) is 0 Å². The molecule has 0 aliphatic carbocycles. The first-order valence-corrected chi connectivity index (χ1v) is 5.39. The van der Waals surface area contributed by atoms with Gasteiger partial charge in [-0.3, -0.25) is 4.98 Å². The third-order valence-corrected chi connectivity index (χ3v) is 3.25. The van der Waals surface area contributed by atoms with Gasteiger partial charge in [-0.05, 0) is 17.5 Å². The average Bonchev–Trinajstić information content (AvgIpc) is 2.33. The van der Waals surface area contributed by atoms with Gasteiger partial charge >= 0.3 is 0 Å². The molecular formula is C14H13N2+. The first kappa shape index (κ1) is 9.28. The van der Waals surface area contributed by atoms with E-state index in [0.717, 1.165) is 0 Å². The fourth-order valence-corrected chi connectivity index (χ4v) is 2.18. The Hall–Kier alpha value is -1.96. The minimum Gasteiger partial charge on any atom is -0.264 e. The van der Waals surface area contributed by atoms with Gasteiger partial charge in [-0.25, -0.2) is 4.57 Å². The lowest BCUT2D eigenvalue weighted by molar-refractivity contribution is -0.676. The highest BCUT2D eigenvalue weighted by molar-refractivity contribution is 6.07. The van der Waals surface area contributed by atoms with E-state index < -0.39 is 0 Å². The second-order valence-electron chi connectivity index (χ2n) is 4.14. The van der Waals surface area contributed by atoms with E-state index in [9.17, 15) is 0 Å². The van der Waals surface area contributed by atoms with Gasteiger partial charge in [-0.1, -0.05) is 6.07 Å². The Morgan fingerprint density at radius 3 is 2.75 bits per heavy atom. The van der Waals surface area contributed by atoms with Crippen LogP contribution in [-0.4, -0.2) is 4.98 Å². The van der Waals surface area contributed by atoms with E-state index >= 15 is 0 Å². The van der Waals surface area contributed by atoms with Crippen LogP contribution in [0.3, 0.4) is 0 Å². The van der Waals surface area contributed by atoms with Gasteiger partial charge < -0.3 is 0 Å². The van der Waals surface area contributed by atoms with Gasteiger partial charge in [0.15, 0.2) is 11.9 Å². The van der Waals surface area contributed by atoms with Gasteiger partial charge in [0.25, 0.3) is 0 Å². The first-order valence-electron chi connectivity index (χ1n) is 5.39. The van der Waals surface area contributed by atoms with Gasteiger partial charge in [-0.15, -0.1) is 0 Å². The van der Waals surface area contributed by atoms with Crippen molar-refractivity contribution < 1.29 is 4.57 Å². The minimum absolute atomic E-state index is 1.20. The normalized spacial score (nSPS) is 11.1. The highest BCUT2D eigenvalue weighted by Gasteiger charge is 2.08. The van der Waals surface area contributed by atoms with E-state index in [0.29, 0.717) is 0 Å². The SMILES string of the molecule is Cc1c2ccc3cnccc3c2cc[n+]1C. The molecule has 3 rings (SSSR count). The molecule has 1 aromatic carbocycles. The second kappa shape index (κ2) is 3.27. The molecule has 0 bridgehead atoms. The van der Waals surface area contributed by atoms with Crippen LogP contribution in [0.15, 0.2) is 42.9 Å². The van der Waals surface area contributed by atoms with Gasteiger partial charge in [0.05, 0.1) is 0 Å². The quantitative estimate of drug-likeness (QED) is 0.410. The number of fused-ring (bicyclic) bond motifs is 3. The molecule has 0 amide bonds. The molecule has 0 saturated heterocycles. The number of nitrogens with zero attached hydrogens (tertiary/aromatic N) is 2. The van der Waals surface area contributed by atoms with Crippen LogP contribution < -0.4 is 4.57 Å². The third kappa shape index (κ3) is 1.20. The van der Waals surface area contributed by atoms with Crippen LogP contribution >= 0.6 is 0 Å². The average molecular weight is 209 g/mol. The van der Waals surface area contributed by atoms with Crippen molar-refractivity contribution in [2.24, 2.45) is 7.05 Å². The summed E-state index contributed by atoms with van der Waals surface area (Å²) in [6, 6.07) is 8.56. The van der Waals surface area contributed by atoms with E-state index in [-0.39, 0.29) is 0 Å². The molecule has 0 aliphatic rings. The predicted molar refractivity (Wildman–Crippen MR) is 65.2 cm³/mol. The van der Waals surface area contributed by atoms with Crippen molar-refractivity contribution in [3.63, 3.8) is 0 Å². The Morgan fingerprint density at radius 2 is 1.88 bits per heavy atom. The molecule has 2 aromatic heterocycles. The summed E-state index contributed by atoms with van der Waals surface area (Å²) in [7, 11) is 2.07. The lowest BCUT2D eigenvalue weighted by Crippen LogP contribution is -2.31. The second-order valence-corrected chi connectivity index (χ2v) is 4.14. The molecule has 2 heterocycles. The van der Waals surface area contributed by atoms with Crippen molar-refractivity contribution in [1.29, 1.82) is 0 Å². The molecular weight excluding hydrogens is 196 g/mol. The summed E-state index contributed by atoms with van der Waals surface area (Å²) in [5.74, 6) is 0. The molecule has 3 aromatic rings. The molecule has 2 nitrogen and oxygen atoms in total. The molecule has 0 N–H and O–H groups in total. The lowest BCUT2D eigenvalue weighted by atomic mass is 10.0. The van der Waals surface area contributed by atoms with Crippen molar-refractivity contribution in [2.45, 2.75) is 6.92 Å². The predicted octanol–water partition coefficient (Wildman–Crippen LogP) is 2.52. The Morgan fingerprint density at radius 1 is 1.00 bits per heavy atom. The molecule has 0 saturated carbocycles. The molecule has 0 unspecified atom stereocenters. The van der Waals surface area contributed by atoms with Crippen LogP contribution in [0.2, 0.25) is 0 Å². The zero-order chi connectivity index (χ0) is 11.1. The first-order chi connectivity index (χ1) is 7.77. The number of aryl methyl sites for hydroxylation is 2. The molecule has 16 heavy (non-hydrogen) atoms. The number of benzene rings is 1. The fraction of sp³-hybridized carbons (Fsp3) is 0.143. The molecule has 0 spiro atoms.